The Hall–Kier alpha value is -4.45. The minimum Gasteiger partial charge on any atom is -0.462 e. The lowest BCUT2D eigenvalue weighted by Gasteiger charge is -2.18. The molecule has 0 radical (unpaired) electrons. The van der Waals surface area contributed by atoms with Crippen molar-refractivity contribution in [3.8, 4) is 0 Å². The van der Waals surface area contributed by atoms with E-state index in [1.54, 1.807) is 0 Å². The van der Waals surface area contributed by atoms with Crippen molar-refractivity contribution in [3.05, 3.63) is 134 Å². The highest BCUT2D eigenvalue weighted by molar-refractivity contribution is 5.71. The normalized spacial score (nSPS) is 13.0. The number of hydrogen-bond donors (Lipinski definition) is 0. The third-order valence-electron chi connectivity index (χ3n) is 13.7. The van der Waals surface area contributed by atoms with Gasteiger partial charge < -0.3 is 14.2 Å². The van der Waals surface area contributed by atoms with Gasteiger partial charge in [-0.25, -0.2) is 0 Å². The van der Waals surface area contributed by atoms with E-state index in [1.165, 1.54) is 109 Å². The number of rotatable bonds is 58. The van der Waals surface area contributed by atoms with Gasteiger partial charge in [0, 0.05) is 19.3 Å². The van der Waals surface area contributed by atoms with Gasteiger partial charge in [0.2, 0.25) is 0 Å². The molecule has 0 aromatic rings. The van der Waals surface area contributed by atoms with E-state index in [0.717, 1.165) is 141 Å². The van der Waals surface area contributed by atoms with Crippen molar-refractivity contribution in [1.29, 1.82) is 0 Å². The van der Waals surface area contributed by atoms with Crippen LogP contribution in [0.1, 0.15) is 290 Å². The lowest BCUT2D eigenvalue weighted by molar-refractivity contribution is -0.167. The molecule has 6 heteroatoms. The van der Waals surface area contributed by atoms with Crippen molar-refractivity contribution in [1.82, 2.24) is 0 Å². The van der Waals surface area contributed by atoms with Crippen LogP contribution in [0, 0.1) is 0 Å². The first-order chi connectivity index (χ1) is 39.0. The van der Waals surface area contributed by atoms with Crippen molar-refractivity contribution >= 4 is 17.9 Å². The summed E-state index contributed by atoms with van der Waals surface area (Å²) >= 11 is 0. The molecule has 0 saturated heterocycles. The molecule has 0 aliphatic rings. The van der Waals surface area contributed by atoms with Gasteiger partial charge in [0.25, 0.3) is 0 Å². The van der Waals surface area contributed by atoms with Crippen molar-refractivity contribution in [2.24, 2.45) is 0 Å². The maximum Gasteiger partial charge on any atom is 0.306 e. The Kier molecular flexibility index (Phi) is 62.3. The Bertz CT molecular complexity index is 1680. The number of carbonyl (C=O) groups is 3. The highest BCUT2D eigenvalue weighted by Gasteiger charge is 2.19. The summed E-state index contributed by atoms with van der Waals surface area (Å²) in [6.07, 6.45) is 93.7. The Morgan fingerprint density at radius 2 is 0.494 bits per heavy atom. The van der Waals surface area contributed by atoms with Crippen molar-refractivity contribution in [2.75, 3.05) is 13.2 Å². The van der Waals surface area contributed by atoms with Gasteiger partial charge in [0.15, 0.2) is 6.10 Å². The summed E-state index contributed by atoms with van der Waals surface area (Å²) in [5.74, 6) is -0.902. The van der Waals surface area contributed by atoms with Crippen molar-refractivity contribution in [3.63, 3.8) is 0 Å². The van der Waals surface area contributed by atoms with Crippen LogP contribution in [0.25, 0.3) is 0 Å². The number of hydrogen-bond acceptors (Lipinski definition) is 6. The van der Waals surface area contributed by atoms with E-state index in [-0.39, 0.29) is 31.1 Å². The van der Waals surface area contributed by atoms with E-state index in [1.807, 2.05) is 0 Å². The Balaban J connectivity index is 4.07. The van der Waals surface area contributed by atoms with Gasteiger partial charge in [0.05, 0.1) is 0 Å². The summed E-state index contributed by atoms with van der Waals surface area (Å²) in [5.41, 5.74) is 0. The second kappa shape index (κ2) is 66.1. The summed E-state index contributed by atoms with van der Waals surface area (Å²) in [6.45, 7) is 6.33. The Labute approximate surface area is 487 Å². The van der Waals surface area contributed by atoms with Crippen LogP contribution in [-0.2, 0) is 28.6 Å². The molecule has 0 rings (SSSR count). The van der Waals surface area contributed by atoms with Gasteiger partial charge in [-0.3, -0.25) is 14.4 Å². The Morgan fingerprint density at radius 3 is 0.772 bits per heavy atom. The summed E-state index contributed by atoms with van der Waals surface area (Å²) in [7, 11) is 0. The summed E-state index contributed by atoms with van der Waals surface area (Å²) in [5, 5.41) is 0. The minimum atomic E-state index is -0.782. The van der Waals surface area contributed by atoms with Crippen LogP contribution in [0.3, 0.4) is 0 Å². The maximum absolute atomic E-state index is 12.8. The second-order valence-electron chi connectivity index (χ2n) is 21.3. The molecule has 0 heterocycles. The average molecular weight is 1090 g/mol. The van der Waals surface area contributed by atoms with E-state index >= 15 is 0 Å². The minimum absolute atomic E-state index is 0.0827. The van der Waals surface area contributed by atoms with Crippen molar-refractivity contribution in [2.45, 2.75) is 297 Å². The largest absolute Gasteiger partial charge is 0.462 e. The van der Waals surface area contributed by atoms with Gasteiger partial charge in [-0.1, -0.05) is 289 Å². The molecule has 0 amide bonds. The molecule has 0 aromatic heterocycles. The van der Waals surface area contributed by atoms with Crippen LogP contribution in [0.5, 0.6) is 0 Å². The van der Waals surface area contributed by atoms with Crippen LogP contribution >= 0.6 is 0 Å². The standard InChI is InChI=1S/C73H120O6/c1-4-7-10-13-15-17-19-21-23-25-27-29-31-33-34-35-36-37-38-40-41-43-45-47-49-51-53-55-57-60-63-66-72(75)78-69-70(68-77-71(74)65-62-59-12-9-6-3)79-73(76)67-64-61-58-56-54-52-50-48-46-44-42-39-32-30-28-26-24-22-20-18-16-14-11-8-5-2/h7-8,10-11,15-18,21-24,27-30,33-34,36-37,40-41,70H,4-6,9,12-14,19-20,25-26,31-32,35,38-39,42-69H2,1-3H3/b10-7-,11-8-,17-15-,18-16-,23-21-,24-22-,29-27-,30-28-,34-33-,37-36-,41-40-. The van der Waals surface area contributed by atoms with Gasteiger partial charge in [0.1, 0.15) is 13.2 Å². The smallest absolute Gasteiger partial charge is 0.306 e. The molecule has 0 spiro atoms. The highest BCUT2D eigenvalue weighted by atomic mass is 16.6. The van der Waals surface area contributed by atoms with Gasteiger partial charge in [-0.2, -0.15) is 0 Å². The second-order valence-corrected chi connectivity index (χ2v) is 21.3. The van der Waals surface area contributed by atoms with E-state index in [4.69, 9.17) is 14.2 Å². The fraction of sp³-hybridized carbons (Fsp3) is 0.658. The molecular weight excluding hydrogens is 973 g/mol. The molecule has 6 nitrogen and oxygen atoms in total. The molecule has 0 N–H and O–H groups in total. The van der Waals surface area contributed by atoms with E-state index < -0.39 is 6.10 Å². The molecule has 0 fully saturated rings. The third kappa shape index (κ3) is 64.3. The van der Waals surface area contributed by atoms with E-state index in [2.05, 4.69) is 154 Å². The number of unbranched alkanes of at least 4 members (excludes halogenated alkanes) is 25. The predicted molar refractivity (Wildman–Crippen MR) is 343 cm³/mol. The quantitative estimate of drug-likeness (QED) is 0.0261. The maximum atomic E-state index is 12.8. The highest BCUT2D eigenvalue weighted by Crippen LogP contribution is 2.16. The molecule has 1 atom stereocenters. The number of carbonyl (C=O) groups excluding carboxylic acids is 3. The molecular formula is C73H120O6. The van der Waals surface area contributed by atoms with Gasteiger partial charge in [-0.05, 0) is 116 Å². The molecule has 0 aromatic carbocycles. The zero-order valence-electron chi connectivity index (χ0n) is 51.3. The Morgan fingerprint density at radius 1 is 0.266 bits per heavy atom. The lowest BCUT2D eigenvalue weighted by Crippen LogP contribution is -2.30. The van der Waals surface area contributed by atoms with Crippen LogP contribution in [0.15, 0.2) is 134 Å². The molecule has 79 heavy (non-hydrogen) atoms. The van der Waals surface area contributed by atoms with Crippen molar-refractivity contribution < 1.29 is 28.6 Å². The van der Waals surface area contributed by atoms with Crippen LogP contribution in [0.4, 0.5) is 0 Å². The van der Waals surface area contributed by atoms with E-state index in [0.29, 0.717) is 19.3 Å². The molecule has 0 aliphatic carbocycles. The lowest BCUT2D eigenvalue weighted by atomic mass is 10.0. The van der Waals surface area contributed by atoms with Crippen LogP contribution in [-0.4, -0.2) is 37.2 Å². The topological polar surface area (TPSA) is 78.9 Å². The molecule has 0 aliphatic heterocycles. The molecule has 0 saturated carbocycles. The van der Waals surface area contributed by atoms with E-state index in [9.17, 15) is 14.4 Å². The average Bonchev–Trinajstić information content (AvgIpc) is 3.45. The zero-order valence-corrected chi connectivity index (χ0v) is 51.3. The van der Waals surface area contributed by atoms with Gasteiger partial charge in [-0.15, -0.1) is 0 Å². The molecule has 1 unspecified atom stereocenters. The zero-order chi connectivity index (χ0) is 57.1. The first-order valence-electron chi connectivity index (χ1n) is 32.7. The summed E-state index contributed by atoms with van der Waals surface area (Å²) < 4.78 is 16.8. The van der Waals surface area contributed by atoms with Crippen LogP contribution in [0.2, 0.25) is 0 Å². The third-order valence-corrected chi connectivity index (χ3v) is 13.7. The number of esters is 3. The first kappa shape index (κ1) is 74.5. The summed E-state index contributed by atoms with van der Waals surface area (Å²) in [6, 6.07) is 0. The van der Waals surface area contributed by atoms with Crippen LogP contribution < -0.4 is 0 Å². The number of ether oxygens (including phenoxy) is 3. The number of allylic oxidation sites excluding steroid dienone is 22. The SMILES string of the molecule is CC/C=C\C/C=C\C/C=C\C/C=C\C/C=C\C/C=C\C/C=C\CCCCCCCCCCCC(=O)OCC(COC(=O)CCCCCCC)OC(=O)CCCCCCCCCCCCCC/C=C\C/C=C\C/C=C\C/C=C\CC. The predicted octanol–water partition coefficient (Wildman–Crippen LogP) is 22.5. The fourth-order valence-electron chi connectivity index (χ4n) is 8.83. The van der Waals surface area contributed by atoms with Gasteiger partial charge >= 0.3 is 17.9 Å². The first-order valence-corrected chi connectivity index (χ1v) is 32.7. The molecule has 0 bridgehead atoms. The summed E-state index contributed by atoms with van der Waals surface area (Å²) in [4.78, 5) is 38.0. The fourth-order valence-corrected chi connectivity index (χ4v) is 8.83. The monoisotopic (exact) mass is 1090 g/mol. The molecule has 448 valence electrons.